The number of hydrogen-bond donors (Lipinski definition) is 2. The molecule has 3 rings (SSSR count). The Hall–Kier alpha value is -3.61. The van der Waals surface area contributed by atoms with Crippen LogP contribution in [0.25, 0.3) is 0 Å². The summed E-state index contributed by atoms with van der Waals surface area (Å²) in [6, 6.07) is 15.4. The van der Waals surface area contributed by atoms with Crippen molar-refractivity contribution in [3.63, 3.8) is 0 Å². The molecule has 3 amide bonds. The van der Waals surface area contributed by atoms with Gasteiger partial charge < -0.3 is 15.8 Å². The molecule has 0 saturated carbocycles. The van der Waals surface area contributed by atoms with E-state index in [2.05, 4.69) is 11.9 Å². The van der Waals surface area contributed by atoms with Crippen LogP contribution in [0.1, 0.15) is 36.0 Å². The van der Waals surface area contributed by atoms with Crippen molar-refractivity contribution in [1.82, 2.24) is 10.2 Å². The summed E-state index contributed by atoms with van der Waals surface area (Å²) < 4.78 is 5.50. The summed E-state index contributed by atoms with van der Waals surface area (Å²) >= 11 is 0. The molecule has 7 heteroatoms. The van der Waals surface area contributed by atoms with Crippen LogP contribution in [0.5, 0.6) is 0 Å². The molecule has 32 heavy (non-hydrogen) atoms. The number of fused-ring (bicyclic) bond motifs is 1. The van der Waals surface area contributed by atoms with Crippen LogP contribution in [-0.2, 0) is 33.9 Å². The molecule has 1 aliphatic rings. The zero-order chi connectivity index (χ0) is 22.9. The summed E-state index contributed by atoms with van der Waals surface area (Å²) in [7, 11) is 0. The molecule has 0 fully saturated rings. The molecule has 0 spiro atoms. The van der Waals surface area contributed by atoms with Gasteiger partial charge in [0.25, 0.3) is 0 Å². The van der Waals surface area contributed by atoms with Gasteiger partial charge >= 0.3 is 6.09 Å². The molecule has 0 saturated heterocycles. The first-order valence-electron chi connectivity index (χ1n) is 10.7. The highest BCUT2D eigenvalue weighted by Crippen LogP contribution is 2.25. The average Bonchev–Trinajstić information content (AvgIpc) is 2.81. The van der Waals surface area contributed by atoms with Crippen LogP contribution in [0.15, 0.2) is 67.3 Å². The number of carbonyl (C=O) groups excluding carboxylic acids is 3. The number of nitrogens with zero attached hydrogens (tertiary/aromatic N) is 1. The number of amides is 3. The molecule has 168 valence electrons. The van der Waals surface area contributed by atoms with Crippen molar-refractivity contribution in [1.29, 1.82) is 0 Å². The fraction of sp³-hybridized carbons (Fsp3) is 0.320. The first-order chi connectivity index (χ1) is 15.5. The van der Waals surface area contributed by atoms with Crippen molar-refractivity contribution in [3.05, 3.63) is 83.9 Å². The third kappa shape index (κ3) is 5.97. The standard InChI is InChI=1S/C25H29N3O4/c1-2-3-5-14-21(23(26)29)27-24(30)22-15-19-12-8-9-13-20(19)16-28(22)25(31)32-17-18-10-6-4-7-11-18/h2,4,6-13,21-22H,1,3,5,14-17H2,(H2,26,29)(H,27,30)/t21-,22-/m0/s1. The minimum absolute atomic E-state index is 0.109. The molecule has 2 atom stereocenters. The number of nitrogens with two attached hydrogens (primary N) is 1. The molecular formula is C25H29N3O4. The van der Waals surface area contributed by atoms with Crippen molar-refractivity contribution in [2.45, 2.75) is 50.9 Å². The molecule has 0 bridgehead atoms. The number of carbonyl (C=O) groups is 3. The van der Waals surface area contributed by atoms with Gasteiger partial charge in [-0.2, -0.15) is 0 Å². The van der Waals surface area contributed by atoms with E-state index >= 15 is 0 Å². The van der Waals surface area contributed by atoms with Gasteiger partial charge in [-0.15, -0.1) is 6.58 Å². The molecule has 7 nitrogen and oxygen atoms in total. The molecule has 1 aliphatic heterocycles. The highest BCUT2D eigenvalue weighted by Gasteiger charge is 2.36. The Labute approximate surface area is 188 Å². The van der Waals surface area contributed by atoms with E-state index in [0.29, 0.717) is 25.7 Å². The van der Waals surface area contributed by atoms with Crippen molar-refractivity contribution in [2.75, 3.05) is 0 Å². The number of hydrogen-bond acceptors (Lipinski definition) is 4. The number of unbranched alkanes of at least 4 members (excludes halogenated alkanes) is 1. The smallest absolute Gasteiger partial charge is 0.411 e. The second-order valence-electron chi connectivity index (χ2n) is 7.84. The zero-order valence-corrected chi connectivity index (χ0v) is 18.0. The van der Waals surface area contributed by atoms with E-state index in [4.69, 9.17) is 10.5 Å². The first kappa shape index (κ1) is 23.1. The first-order valence-corrected chi connectivity index (χ1v) is 10.7. The van der Waals surface area contributed by atoms with Crippen LogP contribution >= 0.6 is 0 Å². The number of nitrogens with one attached hydrogen (secondary N) is 1. The number of primary amides is 1. The van der Waals surface area contributed by atoms with Crippen LogP contribution in [-0.4, -0.2) is 34.9 Å². The fourth-order valence-electron chi connectivity index (χ4n) is 3.77. The Morgan fingerprint density at radius 2 is 1.81 bits per heavy atom. The molecule has 1 heterocycles. The van der Waals surface area contributed by atoms with Crippen LogP contribution < -0.4 is 11.1 Å². The predicted octanol–water partition coefficient (Wildman–Crippen LogP) is 3.08. The molecule has 0 aliphatic carbocycles. The minimum atomic E-state index is -0.804. The van der Waals surface area contributed by atoms with Gasteiger partial charge in [0.15, 0.2) is 0 Å². The van der Waals surface area contributed by atoms with Crippen LogP contribution in [0.4, 0.5) is 4.79 Å². The lowest BCUT2D eigenvalue weighted by Gasteiger charge is -2.35. The maximum absolute atomic E-state index is 13.2. The second kappa shape index (κ2) is 11.1. The highest BCUT2D eigenvalue weighted by atomic mass is 16.6. The summed E-state index contributed by atoms with van der Waals surface area (Å²) in [5, 5.41) is 2.74. The zero-order valence-electron chi connectivity index (χ0n) is 18.0. The average molecular weight is 436 g/mol. The summed E-state index contributed by atoms with van der Waals surface area (Å²) in [4.78, 5) is 39.4. The second-order valence-corrected chi connectivity index (χ2v) is 7.84. The Balaban J connectivity index is 1.75. The van der Waals surface area contributed by atoms with E-state index in [0.717, 1.165) is 16.7 Å². The van der Waals surface area contributed by atoms with E-state index in [1.165, 1.54) is 4.90 Å². The Kier molecular flexibility index (Phi) is 8.02. The van der Waals surface area contributed by atoms with Crippen LogP contribution in [0.2, 0.25) is 0 Å². The summed E-state index contributed by atoms with van der Waals surface area (Å²) in [5.41, 5.74) is 8.30. The van der Waals surface area contributed by atoms with E-state index < -0.39 is 30.0 Å². The number of allylic oxidation sites excluding steroid dienone is 1. The van der Waals surface area contributed by atoms with Crippen LogP contribution in [0, 0.1) is 0 Å². The van der Waals surface area contributed by atoms with Crippen molar-refractivity contribution < 1.29 is 19.1 Å². The van der Waals surface area contributed by atoms with Crippen molar-refractivity contribution in [3.8, 4) is 0 Å². The quantitative estimate of drug-likeness (QED) is 0.467. The number of benzene rings is 2. The Morgan fingerprint density at radius 1 is 1.12 bits per heavy atom. The summed E-state index contributed by atoms with van der Waals surface area (Å²) in [6.07, 6.45) is 3.31. The van der Waals surface area contributed by atoms with Gasteiger partial charge in [0.1, 0.15) is 18.7 Å². The van der Waals surface area contributed by atoms with E-state index in [-0.39, 0.29) is 13.2 Å². The van der Waals surface area contributed by atoms with Gasteiger partial charge in [0.2, 0.25) is 11.8 Å². The molecule has 0 unspecified atom stereocenters. The van der Waals surface area contributed by atoms with Crippen molar-refractivity contribution in [2.24, 2.45) is 5.73 Å². The van der Waals surface area contributed by atoms with E-state index in [9.17, 15) is 14.4 Å². The summed E-state index contributed by atoms with van der Waals surface area (Å²) in [6.45, 7) is 4.02. The predicted molar refractivity (Wildman–Crippen MR) is 121 cm³/mol. The van der Waals surface area contributed by atoms with Gasteiger partial charge in [-0.05, 0) is 36.0 Å². The lowest BCUT2D eigenvalue weighted by Crippen LogP contribution is -2.56. The maximum atomic E-state index is 13.2. The van der Waals surface area contributed by atoms with Gasteiger partial charge in [-0.25, -0.2) is 4.79 Å². The largest absolute Gasteiger partial charge is 0.445 e. The van der Waals surface area contributed by atoms with Crippen molar-refractivity contribution >= 4 is 17.9 Å². The third-order valence-corrected chi connectivity index (χ3v) is 5.55. The van der Waals surface area contributed by atoms with Gasteiger partial charge in [-0.3, -0.25) is 14.5 Å². The molecule has 0 radical (unpaired) electrons. The normalized spacial score (nSPS) is 15.9. The lowest BCUT2D eigenvalue weighted by atomic mass is 9.93. The fourth-order valence-corrected chi connectivity index (χ4v) is 3.77. The van der Waals surface area contributed by atoms with Gasteiger partial charge in [0, 0.05) is 6.42 Å². The Bertz CT molecular complexity index is 961. The Morgan fingerprint density at radius 3 is 2.50 bits per heavy atom. The number of ether oxygens (including phenoxy) is 1. The molecule has 3 N–H and O–H groups in total. The minimum Gasteiger partial charge on any atom is -0.445 e. The van der Waals surface area contributed by atoms with Crippen LogP contribution in [0.3, 0.4) is 0 Å². The summed E-state index contributed by atoms with van der Waals surface area (Å²) in [5.74, 6) is -1.02. The topological polar surface area (TPSA) is 102 Å². The molecule has 2 aromatic rings. The van der Waals surface area contributed by atoms with E-state index in [1.807, 2.05) is 54.6 Å². The molecule has 0 aromatic heterocycles. The lowest BCUT2D eigenvalue weighted by molar-refractivity contribution is -0.131. The van der Waals surface area contributed by atoms with E-state index in [1.54, 1.807) is 6.08 Å². The monoisotopic (exact) mass is 435 g/mol. The maximum Gasteiger partial charge on any atom is 0.411 e. The third-order valence-electron chi connectivity index (χ3n) is 5.55. The van der Waals surface area contributed by atoms with Gasteiger partial charge in [0.05, 0.1) is 6.54 Å². The SMILES string of the molecule is C=CCCC[C@H](NC(=O)[C@@H]1Cc2ccccc2CN1C(=O)OCc1ccccc1)C(N)=O. The number of rotatable bonds is 9. The molecular weight excluding hydrogens is 406 g/mol. The molecule has 2 aromatic carbocycles. The highest BCUT2D eigenvalue weighted by molar-refractivity contribution is 5.91. The van der Waals surface area contributed by atoms with Gasteiger partial charge in [-0.1, -0.05) is 60.7 Å².